The standard InChI is InChI=1S/C16H13N3O3S.Na/c17-16-13-9-5-4-8-12(13)15(23(20,21)22)10-14(16)19-18-11-6-2-1-3-7-11;/h1-10H,17H2,(H,20,21,22);. The molecule has 0 spiro atoms. The van der Waals surface area contributed by atoms with Gasteiger partial charge >= 0.3 is 0 Å². The van der Waals surface area contributed by atoms with Crippen LogP contribution in [0, 0.1) is 0 Å². The largest absolute Gasteiger partial charge is 0.396 e. The smallest absolute Gasteiger partial charge is 0.295 e. The molecule has 0 unspecified atom stereocenters. The van der Waals surface area contributed by atoms with E-state index in [1.807, 2.05) is 18.2 Å². The molecule has 3 N–H and O–H groups in total. The van der Waals surface area contributed by atoms with Gasteiger partial charge in [0.1, 0.15) is 10.6 Å². The number of hydrogen-bond acceptors (Lipinski definition) is 5. The van der Waals surface area contributed by atoms with Crippen molar-refractivity contribution >= 4 is 67.5 Å². The second-order valence-corrected chi connectivity index (χ2v) is 6.25. The van der Waals surface area contributed by atoms with Gasteiger partial charge in [-0.3, -0.25) is 4.55 Å². The number of nitrogens with zero attached hydrogens (tertiary/aromatic N) is 2. The van der Waals surface area contributed by atoms with E-state index in [4.69, 9.17) is 5.73 Å². The van der Waals surface area contributed by atoms with Crippen LogP contribution in [-0.2, 0) is 10.1 Å². The second-order valence-electron chi connectivity index (χ2n) is 4.86. The average Bonchev–Trinajstić information content (AvgIpc) is 2.54. The van der Waals surface area contributed by atoms with E-state index in [-0.39, 0.29) is 40.1 Å². The van der Waals surface area contributed by atoms with Crippen LogP contribution in [-0.4, -0.2) is 42.5 Å². The molecular formula is C16H13N3NaO3S. The van der Waals surface area contributed by atoms with Gasteiger partial charge in [-0.15, -0.1) is 5.11 Å². The Kier molecular flexibility index (Phi) is 5.74. The summed E-state index contributed by atoms with van der Waals surface area (Å²) in [4.78, 5) is -0.246. The summed E-state index contributed by atoms with van der Waals surface area (Å²) in [5, 5.41) is 8.89. The zero-order valence-electron chi connectivity index (χ0n) is 12.9. The number of fused-ring (bicyclic) bond motifs is 1. The minimum absolute atomic E-state index is 0. The Bertz CT molecular complexity index is 1010. The molecule has 0 atom stereocenters. The van der Waals surface area contributed by atoms with Crippen molar-refractivity contribution < 1.29 is 13.0 Å². The number of rotatable bonds is 3. The van der Waals surface area contributed by atoms with Crippen LogP contribution in [0.5, 0.6) is 0 Å². The van der Waals surface area contributed by atoms with Gasteiger partial charge in [0.25, 0.3) is 10.1 Å². The molecule has 0 saturated carbocycles. The van der Waals surface area contributed by atoms with E-state index in [9.17, 15) is 13.0 Å². The van der Waals surface area contributed by atoms with Gasteiger partial charge in [-0.1, -0.05) is 42.5 Å². The third-order valence-corrected chi connectivity index (χ3v) is 4.23. The van der Waals surface area contributed by atoms with Crippen molar-refractivity contribution in [2.24, 2.45) is 10.2 Å². The Morgan fingerprint density at radius 2 is 1.46 bits per heavy atom. The van der Waals surface area contributed by atoms with E-state index in [1.54, 1.807) is 36.4 Å². The van der Waals surface area contributed by atoms with Gasteiger partial charge in [0, 0.05) is 40.3 Å². The maximum atomic E-state index is 11.6. The summed E-state index contributed by atoms with van der Waals surface area (Å²) in [6, 6.07) is 16.8. The molecule has 0 aliphatic heterocycles. The number of hydrogen-bond donors (Lipinski definition) is 2. The number of benzene rings is 3. The Labute approximate surface area is 161 Å². The fourth-order valence-corrected chi connectivity index (χ4v) is 2.97. The summed E-state index contributed by atoms with van der Waals surface area (Å²) in [6.07, 6.45) is 0. The van der Waals surface area contributed by atoms with Gasteiger partial charge < -0.3 is 5.73 Å². The van der Waals surface area contributed by atoms with Gasteiger partial charge in [-0.05, 0) is 18.2 Å². The van der Waals surface area contributed by atoms with E-state index in [0.717, 1.165) is 0 Å². The van der Waals surface area contributed by atoms with Gasteiger partial charge in [0.05, 0.1) is 11.4 Å². The van der Waals surface area contributed by atoms with E-state index in [1.165, 1.54) is 6.07 Å². The van der Waals surface area contributed by atoms with Gasteiger partial charge in [-0.2, -0.15) is 13.5 Å². The Hall–Kier alpha value is -1.77. The second kappa shape index (κ2) is 7.42. The number of nitrogen functional groups attached to an aromatic ring is 1. The van der Waals surface area contributed by atoms with Crippen LogP contribution in [0.2, 0.25) is 0 Å². The predicted octanol–water partition coefficient (Wildman–Crippen LogP) is 3.70. The van der Waals surface area contributed by atoms with Crippen LogP contribution >= 0.6 is 0 Å². The maximum Gasteiger partial charge on any atom is 0.295 e. The summed E-state index contributed by atoms with van der Waals surface area (Å²) >= 11 is 0. The molecule has 0 bridgehead atoms. The van der Waals surface area contributed by atoms with Crippen molar-refractivity contribution in [2.45, 2.75) is 4.90 Å². The zero-order valence-corrected chi connectivity index (χ0v) is 15.7. The Morgan fingerprint density at radius 3 is 2.08 bits per heavy atom. The fraction of sp³-hybridized carbons (Fsp3) is 0. The fourth-order valence-electron chi connectivity index (χ4n) is 2.25. The molecule has 3 aromatic rings. The van der Waals surface area contributed by atoms with E-state index in [0.29, 0.717) is 22.1 Å². The van der Waals surface area contributed by atoms with Crippen LogP contribution in [0.1, 0.15) is 0 Å². The molecule has 0 aliphatic rings. The summed E-state index contributed by atoms with van der Waals surface area (Å²) in [5.74, 6) is 0. The normalized spacial score (nSPS) is 11.5. The minimum atomic E-state index is -4.41. The summed E-state index contributed by atoms with van der Waals surface area (Å²) in [7, 11) is -4.41. The van der Waals surface area contributed by atoms with Crippen LogP contribution in [0.3, 0.4) is 0 Å². The molecule has 0 aromatic heterocycles. The summed E-state index contributed by atoms with van der Waals surface area (Å²) in [6.45, 7) is 0. The van der Waals surface area contributed by atoms with Gasteiger partial charge in [0.2, 0.25) is 0 Å². The molecule has 0 fully saturated rings. The topological polar surface area (TPSA) is 105 Å². The third kappa shape index (κ3) is 3.82. The summed E-state index contributed by atoms with van der Waals surface area (Å²) in [5.41, 5.74) is 7.15. The van der Waals surface area contributed by atoms with Crippen LogP contribution in [0.4, 0.5) is 17.1 Å². The number of azo groups is 1. The molecular weight excluding hydrogens is 337 g/mol. The zero-order chi connectivity index (χ0) is 16.4. The predicted molar refractivity (Wildman–Crippen MR) is 94.5 cm³/mol. The Morgan fingerprint density at radius 1 is 0.875 bits per heavy atom. The molecule has 6 nitrogen and oxygen atoms in total. The molecule has 1 radical (unpaired) electrons. The van der Waals surface area contributed by atoms with Crippen molar-refractivity contribution in [1.82, 2.24) is 0 Å². The molecule has 0 aliphatic carbocycles. The van der Waals surface area contributed by atoms with Crippen molar-refractivity contribution in [3.05, 3.63) is 60.7 Å². The monoisotopic (exact) mass is 350 g/mol. The third-order valence-electron chi connectivity index (χ3n) is 3.33. The number of anilines is 1. The molecule has 0 saturated heterocycles. The first-order valence-corrected chi connectivity index (χ1v) is 8.16. The van der Waals surface area contributed by atoms with Crippen molar-refractivity contribution in [3.63, 3.8) is 0 Å². The minimum Gasteiger partial charge on any atom is -0.396 e. The van der Waals surface area contributed by atoms with E-state index < -0.39 is 10.1 Å². The molecule has 117 valence electrons. The maximum absolute atomic E-state index is 11.6. The Balaban J connectivity index is 0.00000208. The van der Waals surface area contributed by atoms with E-state index in [2.05, 4.69) is 10.2 Å². The van der Waals surface area contributed by atoms with Crippen molar-refractivity contribution in [2.75, 3.05) is 5.73 Å². The van der Waals surface area contributed by atoms with Crippen molar-refractivity contribution in [3.8, 4) is 0 Å². The van der Waals surface area contributed by atoms with Crippen LogP contribution in [0.15, 0.2) is 75.8 Å². The van der Waals surface area contributed by atoms with Gasteiger partial charge in [0.15, 0.2) is 0 Å². The first-order valence-electron chi connectivity index (χ1n) is 6.72. The number of nitrogens with two attached hydrogens (primary N) is 1. The van der Waals surface area contributed by atoms with Crippen molar-refractivity contribution in [1.29, 1.82) is 0 Å². The molecule has 24 heavy (non-hydrogen) atoms. The van der Waals surface area contributed by atoms with Crippen LogP contribution < -0.4 is 5.73 Å². The molecule has 3 rings (SSSR count). The molecule has 3 aromatic carbocycles. The van der Waals surface area contributed by atoms with E-state index >= 15 is 0 Å². The molecule has 0 heterocycles. The molecule has 0 amide bonds. The molecule has 8 heteroatoms. The van der Waals surface area contributed by atoms with Crippen LogP contribution in [0.25, 0.3) is 10.8 Å². The SMILES string of the molecule is Nc1c(N=Nc2ccccc2)cc(S(=O)(=O)O)c2ccccc12.[Na]. The first kappa shape index (κ1) is 18.6. The quantitative estimate of drug-likeness (QED) is 0.325. The summed E-state index contributed by atoms with van der Waals surface area (Å²) < 4.78 is 32.7. The van der Waals surface area contributed by atoms with Gasteiger partial charge in [-0.25, -0.2) is 0 Å². The first-order chi connectivity index (χ1) is 11.0. The average molecular weight is 350 g/mol.